The molecule has 1 unspecified atom stereocenters. The minimum absolute atomic E-state index is 0.0479. The van der Waals surface area contributed by atoms with E-state index >= 15 is 0 Å². The van der Waals surface area contributed by atoms with Crippen molar-refractivity contribution in [3.05, 3.63) is 12.4 Å². The summed E-state index contributed by atoms with van der Waals surface area (Å²) in [4.78, 5) is 22.1. The molecule has 2 aliphatic heterocycles. The minimum Gasteiger partial charge on any atom is -0.481 e. The number of nitrogens with zero attached hydrogens (tertiary/aromatic N) is 3. The van der Waals surface area contributed by atoms with E-state index in [2.05, 4.69) is 20.6 Å². The zero-order valence-corrected chi connectivity index (χ0v) is 15.0. The van der Waals surface area contributed by atoms with Gasteiger partial charge in [-0.3, -0.25) is 0 Å². The standard InChI is InChI=1S/C15H23N5O4S/c1-24-14-8-13(16-10-17-14)18-11-2-5-20(6-3-11)15(21)19-12-4-7-25(22,23)9-12/h8,10-12H,2-7,9H2,1H3,(H,19,21)(H,16,17,18). The van der Waals surface area contributed by atoms with Gasteiger partial charge in [-0.25, -0.2) is 23.2 Å². The van der Waals surface area contributed by atoms with Crippen LogP contribution in [0.15, 0.2) is 12.4 Å². The number of hydrogen-bond acceptors (Lipinski definition) is 7. The normalized spacial score (nSPS) is 23.2. The van der Waals surface area contributed by atoms with Crippen molar-refractivity contribution in [3.8, 4) is 5.88 Å². The molecule has 25 heavy (non-hydrogen) atoms. The van der Waals surface area contributed by atoms with Crippen molar-refractivity contribution < 1.29 is 17.9 Å². The minimum atomic E-state index is -2.99. The highest BCUT2D eigenvalue weighted by Crippen LogP contribution is 2.18. The van der Waals surface area contributed by atoms with Crippen LogP contribution in [-0.4, -0.2) is 73.1 Å². The van der Waals surface area contributed by atoms with Crippen LogP contribution < -0.4 is 15.4 Å². The number of rotatable bonds is 4. The Morgan fingerprint density at radius 3 is 2.64 bits per heavy atom. The fraction of sp³-hybridized carbons (Fsp3) is 0.667. The Morgan fingerprint density at radius 2 is 2.00 bits per heavy atom. The Kier molecular flexibility index (Phi) is 5.26. The van der Waals surface area contributed by atoms with E-state index < -0.39 is 9.84 Å². The quantitative estimate of drug-likeness (QED) is 0.782. The number of piperidine rings is 1. The smallest absolute Gasteiger partial charge is 0.317 e. The number of likely N-dealkylation sites (tertiary alicyclic amines) is 1. The van der Waals surface area contributed by atoms with Crippen molar-refractivity contribution in [2.45, 2.75) is 31.3 Å². The Bertz CT molecular complexity index is 718. The second-order valence-corrected chi connectivity index (χ2v) is 8.63. The lowest BCUT2D eigenvalue weighted by molar-refractivity contribution is 0.180. The number of carbonyl (C=O) groups is 1. The molecular formula is C15H23N5O4S. The SMILES string of the molecule is COc1cc(NC2CCN(C(=O)NC3CCS(=O)(=O)C3)CC2)ncn1. The molecular weight excluding hydrogens is 346 g/mol. The number of hydrogen-bond donors (Lipinski definition) is 2. The molecule has 0 radical (unpaired) electrons. The average molecular weight is 369 g/mol. The molecule has 2 N–H and O–H groups in total. The fourth-order valence-corrected chi connectivity index (χ4v) is 4.81. The van der Waals surface area contributed by atoms with Crippen LogP contribution in [0.2, 0.25) is 0 Å². The van der Waals surface area contributed by atoms with Crippen LogP contribution in [0, 0.1) is 0 Å². The second kappa shape index (κ2) is 7.42. The van der Waals surface area contributed by atoms with Gasteiger partial charge in [-0.05, 0) is 19.3 Å². The van der Waals surface area contributed by atoms with Gasteiger partial charge in [0.15, 0.2) is 9.84 Å². The predicted molar refractivity (Wildman–Crippen MR) is 92.4 cm³/mol. The molecule has 2 saturated heterocycles. The molecule has 0 aliphatic carbocycles. The number of urea groups is 1. The van der Waals surface area contributed by atoms with Crippen molar-refractivity contribution >= 4 is 21.7 Å². The van der Waals surface area contributed by atoms with Crippen LogP contribution in [0.5, 0.6) is 5.88 Å². The molecule has 1 aromatic heterocycles. The van der Waals surface area contributed by atoms with Gasteiger partial charge in [0.25, 0.3) is 0 Å². The number of amides is 2. The molecule has 1 aromatic rings. The van der Waals surface area contributed by atoms with Gasteiger partial charge in [-0.15, -0.1) is 0 Å². The maximum atomic E-state index is 12.3. The van der Waals surface area contributed by atoms with Gasteiger partial charge in [0.1, 0.15) is 12.1 Å². The molecule has 9 nitrogen and oxygen atoms in total. The molecule has 0 saturated carbocycles. The zero-order valence-electron chi connectivity index (χ0n) is 14.1. The lowest BCUT2D eigenvalue weighted by Crippen LogP contribution is -2.49. The van der Waals surface area contributed by atoms with Gasteiger partial charge in [0, 0.05) is 31.2 Å². The number of anilines is 1. The highest BCUT2D eigenvalue weighted by Gasteiger charge is 2.31. The van der Waals surface area contributed by atoms with Crippen LogP contribution in [0.25, 0.3) is 0 Å². The third-order valence-electron chi connectivity index (χ3n) is 4.55. The van der Waals surface area contributed by atoms with Crippen LogP contribution in [-0.2, 0) is 9.84 Å². The molecule has 0 aromatic carbocycles. The van der Waals surface area contributed by atoms with E-state index in [4.69, 9.17) is 4.74 Å². The molecule has 2 fully saturated rings. The van der Waals surface area contributed by atoms with Crippen molar-refractivity contribution in [3.63, 3.8) is 0 Å². The van der Waals surface area contributed by atoms with Crippen molar-refractivity contribution in [2.24, 2.45) is 0 Å². The summed E-state index contributed by atoms with van der Waals surface area (Å²) in [5, 5.41) is 6.16. The van der Waals surface area contributed by atoms with Gasteiger partial charge in [0.05, 0.1) is 18.6 Å². The van der Waals surface area contributed by atoms with Gasteiger partial charge in [-0.1, -0.05) is 0 Å². The molecule has 3 rings (SSSR count). The molecule has 138 valence electrons. The first kappa shape index (κ1) is 17.7. The van der Waals surface area contributed by atoms with E-state index in [9.17, 15) is 13.2 Å². The third kappa shape index (κ3) is 4.71. The summed E-state index contributed by atoms with van der Waals surface area (Å²) in [7, 11) is -1.43. The summed E-state index contributed by atoms with van der Waals surface area (Å²) in [6.07, 6.45) is 3.53. The molecule has 0 spiro atoms. The van der Waals surface area contributed by atoms with E-state index in [1.54, 1.807) is 18.1 Å². The second-order valence-electron chi connectivity index (χ2n) is 6.40. The summed E-state index contributed by atoms with van der Waals surface area (Å²) < 4.78 is 28.0. The summed E-state index contributed by atoms with van der Waals surface area (Å²) in [5.41, 5.74) is 0. The molecule has 10 heteroatoms. The Labute approximate surface area is 147 Å². The van der Waals surface area contributed by atoms with Crippen molar-refractivity contribution in [2.75, 3.05) is 37.0 Å². The predicted octanol–water partition coefficient (Wildman–Crippen LogP) is 0.258. The summed E-state index contributed by atoms with van der Waals surface area (Å²) >= 11 is 0. The average Bonchev–Trinajstić information content (AvgIpc) is 2.94. The zero-order chi connectivity index (χ0) is 17.9. The molecule has 3 heterocycles. The van der Waals surface area contributed by atoms with Crippen LogP contribution >= 0.6 is 0 Å². The van der Waals surface area contributed by atoms with E-state index in [-0.39, 0.29) is 29.6 Å². The first-order chi connectivity index (χ1) is 11.9. The Balaban J connectivity index is 1.46. The van der Waals surface area contributed by atoms with E-state index in [1.165, 1.54) is 6.33 Å². The fourth-order valence-electron chi connectivity index (χ4n) is 3.14. The van der Waals surface area contributed by atoms with Gasteiger partial charge >= 0.3 is 6.03 Å². The number of aromatic nitrogens is 2. The largest absolute Gasteiger partial charge is 0.481 e. The number of sulfone groups is 1. The number of carbonyl (C=O) groups excluding carboxylic acids is 1. The first-order valence-corrected chi connectivity index (χ1v) is 10.2. The molecule has 0 bridgehead atoms. The monoisotopic (exact) mass is 369 g/mol. The summed E-state index contributed by atoms with van der Waals surface area (Å²) in [6, 6.07) is 1.51. The maximum Gasteiger partial charge on any atom is 0.317 e. The highest BCUT2D eigenvalue weighted by atomic mass is 32.2. The highest BCUT2D eigenvalue weighted by molar-refractivity contribution is 7.91. The molecule has 2 aliphatic rings. The lowest BCUT2D eigenvalue weighted by Gasteiger charge is -2.33. The summed E-state index contributed by atoms with van der Waals surface area (Å²) in [6.45, 7) is 1.23. The topological polar surface area (TPSA) is 114 Å². The van der Waals surface area contributed by atoms with Crippen molar-refractivity contribution in [1.82, 2.24) is 20.2 Å². The van der Waals surface area contributed by atoms with Gasteiger partial charge < -0.3 is 20.3 Å². The maximum absolute atomic E-state index is 12.3. The molecule has 2 amide bonds. The number of nitrogens with one attached hydrogen (secondary N) is 2. The third-order valence-corrected chi connectivity index (χ3v) is 6.31. The van der Waals surface area contributed by atoms with Crippen LogP contribution in [0.3, 0.4) is 0 Å². The van der Waals surface area contributed by atoms with Gasteiger partial charge in [0.2, 0.25) is 5.88 Å². The number of methoxy groups -OCH3 is 1. The van der Waals surface area contributed by atoms with E-state index in [1.807, 2.05) is 0 Å². The van der Waals surface area contributed by atoms with Crippen LogP contribution in [0.4, 0.5) is 10.6 Å². The van der Waals surface area contributed by atoms with Crippen molar-refractivity contribution in [1.29, 1.82) is 0 Å². The lowest BCUT2D eigenvalue weighted by atomic mass is 10.1. The van der Waals surface area contributed by atoms with Gasteiger partial charge in [-0.2, -0.15) is 0 Å². The van der Waals surface area contributed by atoms with E-state index in [0.29, 0.717) is 31.2 Å². The number of ether oxygens (including phenoxy) is 1. The Hall–Kier alpha value is -2.10. The van der Waals surface area contributed by atoms with Crippen LogP contribution in [0.1, 0.15) is 19.3 Å². The Morgan fingerprint density at radius 1 is 1.24 bits per heavy atom. The van der Waals surface area contributed by atoms with E-state index in [0.717, 1.165) is 12.8 Å². The summed E-state index contributed by atoms with van der Waals surface area (Å²) in [5.74, 6) is 1.41. The molecule has 1 atom stereocenters. The first-order valence-electron chi connectivity index (χ1n) is 8.33.